The molecule has 2 amide bonds. The summed E-state index contributed by atoms with van der Waals surface area (Å²) in [4.78, 5) is 30.5. The molecule has 0 fully saturated rings. The molecule has 1 N–H and O–H groups in total. The number of aryl methyl sites for hydroxylation is 1. The van der Waals surface area contributed by atoms with Crippen LogP contribution in [-0.2, 0) is 18.4 Å². The summed E-state index contributed by atoms with van der Waals surface area (Å²) in [6, 6.07) is 17.3. The van der Waals surface area contributed by atoms with Gasteiger partial charge in [0.05, 0.1) is 5.52 Å². The van der Waals surface area contributed by atoms with Gasteiger partial charge in [0.15, 0.2) is 0 Å². The Morgan fingerprint density at radius 2 is 1.87 bits per heavy atom. The predicted molar refractivity (Wildman–Crippen MR) is 120 cm³/mol. The minimum Gasteiger partial charge on any atom is -0.348 e. The molecule has 0 spiro atoms. The fourth-order valence-electron chi connectivity index (χ4n) is 3.84. The molecular weight excluding hydrogens is 376 g/mol. The molecule has 0 saturated heterocycles. The first-order valence-electron chi connectivity index (χ1n) is 9.82. The summed E-state index contributed by atoms with van der Waals surface area (Å²) >= 11 is 0. The highest BCUT2D eigenvalue weighted by Gasteiger charge is 2.18. The SMILES string of the molecule is CC(=O)Nc1ccc2cc(C(=O)N(C)Cc3c(C)n(C)c4ccccc34)ccc2n1. The summed E-state index contributed by atoms with van der Waals surface area (Å²) in [5.41, 5.74) is 4.82. The summed E-state index contributed by atoms with van der Waals surface area (Å²) in [5.74, 6) is 0.284. The molecule has 2 heterocycles. The van der Waals surface area contributed by atoms with Crippen molar-refractivity contribution in [1.29, 1.82) is 0 Å². The van der Waals surface area contributed by atoms with Gasteiger partial charge < -0.3 is 14.8 Å². The van der Waals surface area contributed by atoms with Crippen molar-refractivity contribution in [2.24, 2.45) is 7.05 Å². The first-order valence-corrected chi connectivity index (χ1v) is 9.82. The number of para-hydroxylation sites is 1. The Kier molecular flexibility index (Phi) is 4.99. The number of aromatic nitrogens is 2. The third-order valence-electron chi connectivity index (χ3n) is 5.51. The number of hydrogen-bond donors (Lipinski definition) is 1. The Morgan fingerprint density at radius 3 is 2.63 bits per heavy atom. The fourth-order valence-corrected chi connectivity index (χ4v) is 3.84. The maximum Gasteiger partial charge on any atom is 0.253 e. The standard InChI is InChI=1S/C24H24N4O2/c1-15-20(19-7-5-6-8-22(19)28(15)4)14-27(3)24(30)18-9-11-21-17(13-18)10-12-23(26-21)25-16(2)29/h5-13H,14H2,1-4H3,(H,25,26,29). The van der Waals surface area contributed by atoms with E-state index in [-0.39, 0.29) is 11.8 Å². The lowest BCUT2D eigenvalue weighted by atomic mass is 10.1. The molecule has 0 aliphatic heterocycles. The van der Waals surface area contributed by atoms with Gasteiger partial charge in [-0.3, -0.25) is 9.59 Å². The summed E-state index contributed by atoms with van der Waals surface area (Å²) in [6.45, 7) is 4.06. The van der Waals surface area contributed by atoms with Gasteiger partial charge in [0.1, 0.15) is 5.82 Å². The molecule has 0 unspecified atom stereocenters. The van der Waals surface area contributed by atoms with Crippen LogP contribution >= 0.6 is 0 Å². The maximum absolute atomic E-state index is 13.1. The Hall–Kier alpha value is -3.67. The van der Waals surface area contributed by atoms with Crippen LogP contribution in [0.5, 0.6) is 0 Å². The molecule has 2 aromatic heterocycles. The number of rotatable bonds is 4. The van der Waals surface area contributed by atoms with Crippen LogP contribution in [0.4, 0.5) is 5.82 Å². The van der Waals surface area contributed by atoms with E-state index in [2.05, 4.69) is 41.0 Å². The van der Waals surface area contributed by atoms with Gasteiger partial charge in [-0.2, -0.15) is 0 Å². The van der Waals surface area contributed by atoms with Gasteiger partial charge in [-0.1, -0.05) is 18.2 Å². The highest BCUT2D eigenvalue weighted by Crippen LogP contribution is 2.26. The van der Waals surface area contributed by atoms with Crippen molar-refractivity contribution in [1.82, 2.24) is 14.5 Å². The topological polar surface area (TPSA) is 67.2 Å². The molecule has 0 bridgehead atoms. The van der Waals surface area contributed by atoms with E-state index in [0.717, 1.165) is 27.7 Å². The minimum atomic E-state index is -0.168. The number of hydrogen-bond acceptors (Lipinski definition) is 3. The lowest BCUT2D eigenvalue weighted by Crippen LogP contribution is -2.26. The average molecular weight is 400 g/mol. The molecule has 4 aromatic rings. The van der Waals surface area contributed by atoms with E-state index in [0.29, 0.717) is 17.9 Å². The Morgan fingerprint density at radius 1 is 1.10 bits per heavy atom. The minimum absolute atomic E-state index is 0.0461. The van der Waals surface area contributed by atoms with Gasteiger partial charge in [0, 0.05) is 55.1 Å². The van der Waals surface area contributed by atoms with Gasteiger partial charge in [-0.05, 0) is 48.9 Å². The van der Waals surface area contributed by atoms with E-state index in [1.54, 1.807) is 17.0 Å². The first kappa shape index (κ1) is 19.6. The van der Waals surface area contributed by atoms with Crippen LogP contribution < -0.4 is 5.32 Å². The number of carbonyl (C=O) groups excluding carboxylic acids is 2. The number of benzene rings is 2. The number of anilines is 1. The van der Waals surface area contributed by atoms with Gasteiger partial charge in [0.25, 0.3) is 5.91 Å². The Balaban J connectivity index is 1.60. The molecule has 152 valence electrons. The predicted octanol–water partition coefficient (Wildman–Crippen LogP) is 4.27. The Labute approximate surface area is 175 Å². The van der Waals surface area contributed by atoms with Crippen molar-refractivity contribution in [3.05, 3.63) is 71.4 Å². The normalized spacial score (nSPS) is 11.1. The first-order chi connectivity index (χ1) is 14.3. The van der Waals surface area contributed by atoms with Crippen LogP contribution in [0.1, 0.15) is 28.5 Å². The quantitative estimate of drug-likeness (QED) is 0.556. The van der Waals surface area contributed by atoms with E-state index in [9.17, 15) is 9.59 Å². The molecule has 4 rings (SSSR count). The lowest BCUT2D eigenvalue weighted by molar-refractivity contribution is -0.114. The second kappa shape index (κ2) is 7.63. The van der Waals surface area contributed by atoms with Crippen molar-refractivity contribution >= 4 is 39.4 Å². The third-order valence-corrected chi connectivity index (χ3v) is 5.51. The van der Waals surface area contributed by atoms with E-state index >= 15 is 0 Å². The van der Waals surface area contributed by atoms with Gasteiger partial charge in [-0.25, -0.2) is 4.98 Å². The molecular formula is C24H24N4O2. The van der Waals surface area contributed by atoms with E-state index in [4.69, 9.17) is 0 Å². The molecule has 0 saturated carbocycles. The van der Waals surface area contributed by atoms with Gasteiger partial charge in [0.2, 0.25) is 5.91 Å². The van der Waals surface area contributed by atoms with Gasteiger partial charge >= 0.3 is 0 Å². The molecule has 30 heavy (non-hydrogen) atoms. The third kappa shape index (κ3) is 3.52. The zero-order valence-corrected chi connectivity index (χ0v) is 17.6. The number of nitrogens with zero attached hydrogens (tertiary/aromatic N) is 3. The zero-order valence-electron chi connectivity index (χ0n) is 17.6. The van der Waals surface area contributed by atoms with Gasteiger partial charge in [-0.15, -0.1) is 0 Å². The largest absolute Gasteiger partial charge is 0.348 e. The molecule has 6 heteroatoms. The van der Waals surface area contributed by atoms with Crippen LogP contribution in [0.15, 0.2) is 54.6 Å². The zero-order chi connectivity index (χ0) is 21.4. The second-order valence-electron chi connectivity index (χ2n) is 7.59. The van der Waals surface area contributed by atoms with E-state index < -0.39 is 0 Å². The number of nitrogens with one attached hydrogen (secondary N) is 1. The Bertz CT molecular complexity index is 1290. The molecule has 0 radical (unpaired) electrons. The monoisotopic (exact) mass is 400 g/mol. The molecule has 0 aliphatic rings. The second-order valence-corrected chi connectivity index (χ2v) is 7.59. The molecule has 6 nitrogen and oxygen atoms in total. The number of pyridine rings is 1. The van der Waals surface area contributed by atoms with Crippen molar-refractivity contribution in [3.8, 4) is 0 Å². The van der Waals surface area contributed by atoms with Crippen LogP contribution in [-0.4, -0.2) is 33.3 Å². The summed E-state index contributed by atoms with van der Waals surface area (Å²) in [7, 11) is 3.88. The summed E-state index contributed by atoms with van der Waals surface area (Å²) in [6.07, 6.45) is 0. The van der Waals surface area contributed by atoms with E-state index in [1.807, 2.05) is 37.4 Å². The van der Waals surface area contributed by atoms with Crippen LogP contribution in [0.2, 0.25) is 0 Å². The van der Waals surface area contributed by atoms with Crippen molar-refractivity contribution < 1.29 is 9.59 Å². The highest BCUT2D eigenvalue weighted by molar-refractivity contribution is 5.98. The number of carbonyl (C=O) groups is 2. The van der Waals surface area contributed by atoms with Crippen LogP contribution in [0, 0.1) is 6.92 Å². The van der Waals surface area contributed by atoms with Crippen molar-refractivity contribution in [2.45, 2.75) is 20.4 Å². The summed E-state index contributed by atoms with van der Waals surface area (Å²) < 4.78 is 2.16. The van der Waals surface area contributed by atoms with Crippen molar-refractivity contribution in [3.63, 3.8) is 0 Å². The lowest BCUT2D eigenvalue weighted by Gasteiger charge is -2.18. The molecule has 0 aliphatic carbocycles. The fraction of sp³-hybridized carbons (Fsp3) is 0.208. The van der Waals surface area contributed by atoms with Crippen molar-refractivity contribution in [2.75, 3.05) is 12.4 Å². The average Bonchev–Trinajstić information content (AvgIpc) is 2.97. The molecule has 2 aromatic carbocycles. The smallest absolute Gasteiger partial charge is 0.253 e. The summed E-state index contributed by atoms with van der Waals surface area (Å²) in [5, 5.41) is 4.70. The number of amides is 2. The molecule has 0 atom stereocenters. The number of fused-ring (bicyclic) bond motifs is 2. The van der Waals surface area contributed by atoms with E-state index in [1.165, 1.54) is 12.3 Å². The van der Waals surface area contributed by atoms with Crippen LogP contribution in [0.3, 0.4) is 0 Å². The highest BCUT2D eigenvalue weighted by atomic mass is 16.2. The maximum atomic E-state index is 13.1. The van der Waals surface area contributed by atoms with Crippen LogP contribution in [0.25, 0.3) is 21.8 Å².